The van der Waals surface area contributed by atoms with Gasteiger partial charge in [0.05, 0.1) is 18.1 Å². The first kappa shape index (κ1) is 15.3. The normalized spacial score (nSPS) is 21.9. The maximum Gasteiger partial charge on any atom is 0.298 e. The molecule has 116 valence electrons. The lowest BCUT2D eigenvalue weighted by Gasteiger charge is -2.26. The Kier molecular flexibility index (Phi) is 4.61. The van der Waals surface area contributed by atoms with Crippen molar-refractivity contribution in [1.82, 2.24) is 4.90 Å². The predicted octanol–water partition coefficient (Wildman–Crippen LogP) is 0.904. The Morgan fingerprint density at radius 2 is 2.09 bits per heavy atom. The second-order valence-corrected chi connectivity index (χ2v) is 6.54. The Morgan fingerprint density at radius 3 is 2.82 bits per heavy atom. The highest BCUT2D eigenvalue weighted by Crippen LogP contribution is 2.31. The molecule has 2 amide bonds. The number of benzene rings is 1. The van der Waals surface area contributed by atoms with Crippen LogP contribution in [0.2, 0.25) is 0 Å². The van der Waals surface area contributed by atoms with Gasteiger partial charge in [-0.15, -0.1) is 0 Å². The van der Waals surface area contributed by atoms with Gasteiger partial charge in [0.15, 0.2) is 6.67 Å². The van der Waals surface area contributed by atoms with Crippen LogP contribution in [0.3, 0.4) is 0 Å². The van der Waals surface area contributed by atoms with Gasteiger partial charge in [0.25, 0.3) is 11.1 Å². The van der Waals surface area contributed by atoms with Crippen LogP contribution in [0.4, 0.5) is 4.79 Å². The lowest BCUT2D eigenvalue weighted by Crippen LogP contribution is -3.15. The molecule has 0 spiro atoms. The summed E-state index contributed by atoms with van der Waals surface area (Å²) in [5.74, 6) is -0.185. The molecule has 0 radical (unpaired) electrons. The van der Waals surface area contributed by atoms with Gasteiger partial charge in [-0.3, -0.25) is 9.59 Å². The Hall–Kier alpha value is -1.63. The van der Waals surface area contributed by atoms with Crippen molar-refractivity contribution in [3.63, 3.8) is 0 Å². The zero-order chi connectivity index (χ0) is 15.5. The molecule has 2 aliphatic rings. The van der Waals surface area contributed by atoms with Crippen molar-refractivity contribution in [2.45, 2.75) is 6.92 Å². The van der Waals surface area contributed by atoms with Crippen molar-refractivity contribution in [2.75, 3.05) is 33.0 Å². The zero-order valence-electron chi connectivity index (χ0n) is 12.5. The maximum atomic E-state index is 12.5. The summed E-state index contributed by atoms with van der Waals surface area (Å²) in [4.78, 5) is 27.6. The van der Waals surface area contributed by atoms with Crippen LogP contribution in [-0.2, 0) is 9.53 Å². The van der Waals surface area contributed by atoms with E-state index in [1.54, 1.807) is 6.08 Å². The smallest absolute Gasteiger partial charge is 0.298 e. The third-order valence-electron chi connectivity index (χ3n) is 3.80. The Bertz CT molecular complexity index is 624. The number of hydrogen-bond acceptors (Lipinski definition) is 4. The molecule has 5 nitrogen and oxygen atoms in total. The monoisotopic (exact) mass is 319 g/mol. The molecule has 2 heterocycles. The van der Waals surface area contributed by atoms with Crippen molar-refractivity contribution in [3.05, 3.63) is 40.3 Å². The molecule has 22 heavy (non-hydrogen) atoms. The van der Waals surface area contributed by atoms with Gasteiger partial charge in [-0.05, 0) is 30.3 Å². The number of carbonyl (C=O) groups is 2. The number of ether oxygens (including phenoxy) is 1. The second-order valence-electron chi connectivity index (χ2n) is 5.54. The fourth-order valence-electron chi connectivity index (χ4n) is 2.59. The topological polar surface area (TPSA) is 51.1 Å². The van der Waals surface area contributed by atoms with E-state index in [2.05, 4.69) is 0 Å². The molecule has 3 rings (SSSR count). The lowest BCUT2D eigenvalue weighted by molar-refractivity contribution is -0.915. The molecular weight excluding hydrogens is 300 g/mol. The summed E-state index contributed by atoms with van der Waals surface area (Å²) < 4.78 is 5.30. The third kappa shape index (κ3) is 3.40. The number of morpholine rings is 1. The van der Waals surface area contributed by atoms with E-state index in [-0.39, 0.29) is 11.1 Å². The molecule has 6 heteroatoms. The average molecular weight is 319 g/mol. The minimum Gasteiger partial charge on any atom is -0.370 e. The number of nitrogens with zero attached hydrogens (tertiary/aromatic N) is 1. The number of hydrogen-bond donors (Lipinski definition) is 1. The first-order valence-corrected chi connectivity index (χ1v) is 8.18. The molecule has 0 aromatic heterocycles. The van der Waals surface area contributed by atoms with E-state index in [4.69, 9.17) is 4.74 Å². The standard InChI is InChI=1S/C16H18N2O3S/c1-12-3-2-4-13(9-12)10-14-15(19)18(16(20)22-14)11-17-5-7-21-8-6-17/h2-4,9-10H,5-8,11H2,1H3/p+1/b14-10+. The molecular formula is C16H19N2O3S+. The van der Waals surface area contributed by atoms with Crippen LogP contribution >= 0.6 is 11.8 Å². The van der Waals surface area contributed by atoms with Gasteiger partial charge in [0.1, 0.15) is 13.1 Å². The van der Waals surface area contributed by atoms with Crippen LogP contribution in [0.1, 0.15) is 11.1 Å². The quantitative estimate of drug-likeness (QED) is 0.841. The van der Waals surface area contributed by atoms with Crippen LogP contribution in [-0.4, -0.2) is 49.0 Å². The van der Waals surface area contributed by atoms with Crippen LogP contribution in [0.25, 0.3) is 6.08 Å². The Balaban J connectivity index is 1.73. The second kappa shape index (κ2) is 6.64. The maximum absolute atomic E-state index is 12.5. The van der Waals surface area contributed by atoms with Crippen LogP contribution in [0.15, 0.2) is 29.2 Å². The van der Waals surface area contributed by atoms with E-state index in [0.29, 0.717) is 24.8 Å². The fraction of sp³-hybridized carbons (Fsp3) is 0.375. The summed E-state index contributed by atoms with van der Waals surface area (Å²) >= 11 is 1.03. The Labute approximate surface area is 133 Å². The van der Waals surface area contributed by atoms with E-state index in [1.807, 2.05) is 31.2 Å². The van der Waals surface area contributed by atoms with Crippen molar-refractivity contribution in [3.8, 4) is 0 Å². The van der Waals surface area contributed by atoms with Gasteiger partial charge in [-0.1, -0.05) is 29.8 Å². The summed E-state index contributed by atoms with van der Waals surface area (Å²) in [6, 6.07) is 7.89. The summed E-state index contributed by atoms with van der Waals surface area (Å²) in [6.07, 6.45) is 1.80. The molecule has 0 bridgehead atoms. The predicted molar refractivity (Wildman–Crippen MR) is 85.4 cm³/mol. The number of quaternary nitrogens is 1. The lowest BCUT2D eigenvalue weighted by atomic mass is 10.1. The number of nitrogens with one attached hydrogen (secondary N) is 1. The molecule has 2 aliphatic heterocycles. The van der Waals surface area contributed by atoms with Crippen molar-refractivity contribution in [1.29, 1.82) is 0 Å². The summed E-state index contributed by atoms with van der Waals surface area (Å²) in [5.41, 5.74) is 2.08. The van der Waals surface area contributed by atoms with Gasteiger partial charge in [0, 0.05) is 0 Å². The highest BCUT2D eigenvalue weighted by molar-refractivity contribution is 8.18. The Morgan fingerprint density at radius 1 is 1.32 bits per heavy atom. The molecule has 1 aromatic rings. The molecule has 0 aliphatic carbocycles. The van der Waals surface area contributed by atoms with Crippen molar-refractivity contribution in [2.24, 2.45) is 0 Å². The van der Waals surface area contributed by atoms with Gasteiger partial charge in [0.2, 0.25) is 0 Å². The van der Waals surface area contributed by atoms with E-state index >= 15 is 0 Å². The van der Waals surface area contributed by atoms with Crippen LogP contribution in [0, 0.1) is 6.92 Å². The van der Waals surface area contributed by atoms with Gasteiger partial charge in [-0.25, -0.2) is 4.90 Å². The van der Waals surface area contributed by atoms with Crippen LogP contribution < -0.4 is 4.90 Å². The molecule has 1 aromatic carbocycles. The zero-order valence-corrected chi connectivity index (χ0v) is 13.3. The van der Waals surface area contributed by atoms with E-state index < -0.39 is 0 Å². The van der Waals surface area contributed by atoms with Gasteiger partial charge >= 0.3 is 0 Å². The molecule has 0 saturated carbocycles. The van der Waals surface area contributed by atoms with E-state index in [9.17, 15) is 9.59 Å². The van der Waals surface area contributed by atoms with E-state index in [0.717, 1.165) is 36.0 Å². The van der Waals surface area contributed by atoms with Gasteiger partial charge in [-0.2, -0.15) is 0 Å². The first-order chi connectivity index (χ1) is 10.6. The average Bonchev–Trinajstić information content (AvgIpc) is 2.76. The summed E-state index contributed by atoms with van der Waals surface area (Å²) in [6.45, 7) is 5.47. The summed E-state index contributed by atoms with van der Waals surface area (Å²) in [5, 5.41) is -0.178. The number of thioether (sulfide) groups is 1. The first-order valence-electron chi connectivity index (χ1n) is 7.37. The number of imide groups is 1. The number of rotatable bonds is 3. The van der Waals surface area contributed by atoms with Gasteiger partial charge < -0.3 is 9.64 Å². The fourth-order valence-corrected chi connectivity index (χ4v) is 3.43. The summed E-state index contributed by atoms with van der Waals surface area (Å²) in [7, 11) is 0. The SMILES string of the molecule is Cc1cccc(/C=C2/SC(=O)N(C[NH+]3CCOCC3)C2=O)c1. The highest BCUT2D eigenvalue weighted by Gasteiger charge is 2.37. The third-order valence-corrected chi connectivity index (χ3v) is 4.70. The number of carbonyl (C=O) groups excluding carboxylic acids is 2. The minimum absolute atomic E-state index is 0.178. The highest BCUT2D eigenvalue weighted by atomic mass is 32.2. The molecule has 2 saturated heterocycles. The number of amides is 2. The minimum atomic E-state index is -0.185. The van der Waals surface area contributed by atoms with Crippen molar-refractivity contribution >= 4 is 29.0 Å². The number of aryl methyl sites for hydroxylation is 1. The van der Waals surface area contributed by atoms with Crippen molar-refractivity contribution < 1.29 is 19.2 Å². The largest absolute Gasteiger partial charge is 0.370 e. The molecule has 0 unspecified atom stereocenters. The molecule has 2 fully saturated rings. The molecule has 0 atom stereocenters. The molecule has 1 N–H and O–H groups in total. The van der Waals surface area contributed by atoms with E-state index in [1.165, 1.54) is 9.80 Å². The van der Waals surface area contributed by atoms with Crippen LogP contribution in [0.5, 0.6) is 0 Å².